The molecular weight excluding hydrogens is 361 g/mol. The Morgan fingerprint density at radius 3 is 2.26 bits per heavy atom. The molecule has 5 rings (SSSR count). The van der Waals surface area contributed by atoms with Crippen LogP contribution >= 0.6 is 11.6 Å². The third kappa shape index (κ3) is 2.92. The number of rotatable bonds is 4. The summed E-state index contributed by atoms with van der Waals surface area (Å²) in [5, 5.41) is 9.73. The molecule has 2 aliphatic rings. The highest BCUT2D eigenvalue weighted by Gasteiger charge is 2.50. The monoisotopic (exact) mass is 379 g/mol. The van der Waals surface area contributed by atoms with Gasteiger partial charge < -0.3 is 0 Å². The third-order valence-electron chi connectivity index (χ3n) is 5.69. The zero-order valence-electron chi connectivity index (χ0n) is 14.8. The van der Waals surface area contributed by atoms with Crippen molar-refractivity contribution in [3.8, 4) is 11.3 Å². The summed E-state index contributed by atoms with van der Waals surface area (Å²) in [6.07, 6.45) is 2.20. The zero-order valence-corrected chi connectivity index (χ0v) is 15.5. The Morgan fingerprint density at radius 1 is 0.926 bits per heavy atom. The number of aromatic nitrogens is 3. The normalized spacial score (nSPS) is 24.4. The number of alkyl halides is 1. The van der Waals surface area contributed by atoms with Crippen LogP contribution in [-0.2, 0) is 5.41 Å². The number of nitrogens with zero attached hydrogens (tertiary/aromatic N) is 3. The van der Waals surface area contributed by atoms with Gasteiger partial charge in [0.25, 0.3) is 0 Å². The van der Waals surface area contributed by atoms with Crippen LogP contribution in [0.4, 0.5) is 4.39 Å². The van der Waals surface area contributed by atoms with E-state index in [0.29, 0.717) is 29.6 Å². The highest BCUT2D eigenvalue weighted by molar-refractivity contribution is 6.30. The molecule has 2 aromatic carbocycles. The molecule has 0 amide bonds. The standard InChI is InChI=1S/C22H19ClFN3/c23-17-10-8-16(9-11-17)22(12-18(24)13-22)21-25-19(15-6-7-15)20(26-27-21)14-4-2-1-3-5-14/h1-5,8-11,15,18H,6-7,12-13H2/t18-,22-. The van der Waals surface area contributed by atoms with E-state index in [4.69, 9.17) is 16.6 Å². The van der Waals surface area contributed by atoms with Crippen LogP contribution in [-0.4, -0.2) is 21.4 Å². The van der Waals surface area contributed by atoms with E-state index < -0.39 is 11.6 Å². The molecule has 3 nitrogen and oxygen atoms in total. The van der Waals surface area contributed by atoms with Gasteiger partial charge in [0, 0.05) is 16.5 Å². The molecule has 2 aliphatic carbocycles. The maximum atomic E-state index is 14.0. The van der Waals surface area contributed by atoms with Crippen molar-refractivity contribution < 1.29 is 4.39 Å². The van der Waals surface area contributed by atoms with Crippen molar-refractivity contribution in [1.82, 2.24) is 15.2 Å². The number of benzene rings is 2. The minimum Gasteiger partial charge on any atom is -0.247 e. The van der Waals surface area contributed by atoms with Gasteiger partial charge in [-0.1, -0.05) is 54.1 Å². The van der Waals surface area contributed by atoms with Crippen LogP contribution in [0.1, 0.15) is 48.7 Å². The van der Waals surface area contributed by atoms with Gasteiger partial charge in [-0.2, -0.15) is 0 Å². The van der Waals surface area contributed by atoms with E-state index in [-0.39, 0.29) is 0 Å². The summed E-state index contributed by atoms with van der Waals surface area (Å²) in [5.41, 5.74) is 3.39. The maximum Gasteiger partial charge on any atom is 0.161 e. The zero-order chi connectivity index (χ0) is 18.4. The average molecular weight is 380 g/mol. The molecule has 0 atom stereocenters. The Balaban J connectivity index is 1.61. The lowest BCUT2D eigenvalue weighted by Crippen LogP contribution is -2.45. The van der Waals surface area contributed by atoms with Gasteiger partial charge in [0.1, 0.15) is 11.9 Å². The summed E-state index contributed by atoms with van der Waals surface area (Å²) in [6, 6.07) is 17.7. The first kappa shape index (κ1) is 16.8. The SMILES string of the molecule is F[C@H]1C[C@](c2ccc(Cl)cc2)(c2nnc(-c3ccccc3)c(C3CC3)n2)C1. The molecule has 1 aromatic heterocycles. The van der Waals surface area contributed by atoms with E-state index in [0.717, 1.165) is 35.4 Å². The average Bonchev–Trinajstić information content (AvgIpc) is 3.52. The van der Waals surface area contributed by atoms with Crippen molar-refractivity contribution >= 4 is 11.6 Å². The highest BCUT2D eigenvalue weighted by atomic mass is 35.5. The molecule has 0 bridgehead atoms. The lowest BCUT2D eigenvalue weighted by molar-refractivity contribution is 0.116. The predicted octanol–water partition coefficient (Wildman–Crippen LogP) is 5.49. The van der Waals surface area contributed by atoms with E-state index in [1.807, 2.05) is 54.6 Å². The quantitative estimate of drug-likeness (QED) is 0.601. The molecule has 5 heteroatoms. The molecule has 0 spiro atoms. The molecule has 2 saturated carbocycles. The fourth-order valence-electron chi connectivity index (χ4n) is 4.00. The summed E-state index contributed by atoms with van der Waals surface area (Å²) in [4.78, 5) is 4.97. The second-order valence-corrected chi connectivity index (χ2v) is 8.04. The van der Waals surface area contributed by atoms with Crippen molar-refractivity contribution in [2.24, 2.45) is 0 Å². The number of hydrogen-bond acceptors (Lipinski definition) is 3. The summed E-state index contributed by atoms with van der Waals surface area (Å²) in [6.45, 7) is 0. The predicted molar refractivity (Wildman–Crippen MR) is 104 cm³/mol. The molecule has 3 aromatic rings. The molecule has 1 heterocycles. The van der Waals surface area contributed by atoms with Gasteiger partial charge >= 0.3 is 0 Å². The third-order valence-corrected chi connectivity index (χ3v) is 5.94. The fraction of sp³-hybridized carbons (Fsp3) is 0.318. The largest absolute Gasteiger partial charge is 0.247 e. The van der Waals surface area contributed by atoms with E-state index >= 15 is 0 Å². The van der Waals surface area contributed by atoms with E-state index in [2.05, 4.69) is 10.2 Å². The van der Waals surface area contributed by atoms with Crippen LogP contribution in [0, 0.1) is 0 Å². The van der Waals surface area contributed by atoms with Gasteiger partial charge in [0.05, 0.1) is 11.1 Å². The van der Waals surface area contributed by atoms with Crippen LogP contribution in [0.3, 0.4) is 0 Å². The molecule has 27 heavy (non-hydrogen) atoms. The molecule has 0 N–H and O–H groups in total. The van der Waals surface area contributed by atoms with Crippen molar-refractivity contribution in [3.63, 3.8) is 0 Å². The van der Waals surface area contributed by atoms with E-state index in [1.165, 1.54) is 0 Å². The first-order chi connectivity index (χ1) is 13.2. The first-order valence-electron chi connectivity index (χ1n) is 9.36. The number of hydrogen-bond donors (Lipinski definition) is 0. The first-order valence-corrected chi connectivity index (χ1v) is 9.74. The second-order valence-electron chi connectivity index (χ2n) is 7.60. The van der Waals surface area contributed by atoms with Gasteiger partial charge in [0.15, 0.2) is 5.82 Å². The molecule has 0 saturated heterocycles. The number of halogens is 2. The summed E-state index contributed by atoms with van der Waals surface area (Å²) < 4.78 is 14.0. The summed E-state index contributed by atoms with van der Waals surface area (Å²) in [7, 11) is 0. The van der Waals surface area contributed by atoms with Crippen LogP contribution in [0.15, 0.2) is 54.6 Å². The van der Waals surface area contributed by atoms with Crippen LogP contribution in [0.2, 0.25) is 5.02 Å². The van der Waals surface area contributed by atoms with E-state index in [1.54, 1.807) is 0 Å². The Kier molecular flexibility index (Phi) is 3.97. The van der Waals surface area contributed by atoms with Crippen molar-refractivity contribution in [3.05, 3.63) is 76.7 Å². The summed E-state index contributed by atoms with van der Waals surface area (Å²) in [5.74, 6) is 1.07. The van der Waals surface area contributed by atoms with E-state index in [9.17, 15) is 4.39 Å². The second kappa shape index (κ2) is 6.38. The van der Waals surface area contributed by atoms with Gasteiger partial charge in [-0.05, 0) is 43.4 Å². The Bertz CT molecular complexity index is 965. The van der Waals surface area contributed by atoms with Crippen molar-refractivity contribution in [2.75, 3.05) is 0 Å². The molecular formula is C22H19ClFN3. The lowest BCUT2D eigenvalue weighted by atomic mass is 9.62. The highest BCUT2D eigenvalue weighted by Crippen LogP contribution is 2.50. The van der Waals surface area contributed by atoms with Crippen molar-refractivity contribution in [2.45, 2.75) is 43.2 Å². The smallest absolute Gasteiger partial charge is 0.161 e. The Morgan fingerprint density at radius 2 is 1.63 bits per heavy atom. The van der Waals surface area contributed by atoms with Gasteiger partial charge in [-0.15, -0.1) is 10.2 Å². The summed E-state index contributed by atoms with van der Waals surface area (Å²) >= 11 is 6.04. The van der Waals surface area contributed by atoms with Crippen LogP contribution in [0.25, 0.3) is 11.3 Å². The van der Waals surface area contributed by atoms with Gasteiger partial charge in [0.2, 0.25) is 0 Å². The van der Waals surface area contributed by atoms with Gasteiger partial charge in [-0.3, -0.25) is 0 Å². The fourth-order valence-corrected chi connectivity index (χ4v) is 4.12. The molecule has 0 aliphatic heterocycles. The lowest BCUT2D eigenvalue weighted by Gasteiger charge is -2.43. The molecule has 2 fully saturated rings. The van der Waals surface area contributed by atoms with Gasteiger partial charge in [-0.25, -0.2) is 9.37 Å². The molecule has 136 valence electrons. The minimum atomic E-state index is -0.831. The maximum absolute atomic E-state index is 14.0. The molecule has 0 unspecified atom stereocenters. The Labute approximate surface area is 162 Å². The van der Waals surface area contributed by atoms with Crippen LogP contribution in [0.5, 0.6) is 0 Å². The van der Waals surface area contributed by atoms with Crippen molar-refractivity contribution in [1.29, 1.82) is 0 Å². The van der Waals surface area contributed by atoms with Crippen LogP contribution < -0.4 is 0 Å². The molecule has 0 radical (unpaired) electrons. The Hall–Kier alpha value is -2.33. The topological polar surface area (TPSA) is 38.7 Å². The minimum absolute atomic E-state index is 0.394.